The van der Waals surface area contributed by atoms with E-state index in [-0.39, 0.29) is 45.5 Å². The van der Waals surface area contributed by atoms with E-state index >= 15 is 0 Å². The van der Waals surface area contributed by atoms with E-state index in [9.17, 15) is 18.0 Å². The highest BCUT2D eigenvalue weighted by Gasteiger charge is 2.50. The lowest BCUT2D eigenvalue weighted by Crippen LogP contribution is -2.39. The first-order valence-corrected chi connectivity index (χ1v) is 13.5. The van der Waals surface area contributed by atoms with Crippen LogP contribution in [0.1, 0.15) is 50.4 Å². The van der Waals surface area contributed by atoms with Crippen molar-refractivity contribution >= 4 is 43.5 Å². The molecule has 2 aromatic carbocycles. The molecule has 0 aromatic heterocycles. The SMILES string of the molecule is CC1(C)C[C@H]2C[C@@](C)(CN2C(=O)COC(=O)c2ccccc2NS(=O)(=O)c2ccc(Br)cc2)C1. The lowest BCUT2D eigenvalue weighted by Gasteiger charge is -2.39. The standard InChI is InChI=1S/C25H29BrN2O5S/c1-24(2)12-18-13-25(3,15-24)16-28(18)22(29)14-33-23(30)20-6-4-5-7-21(20)27-34(31,32)19-10-8-17(26)9-11-19/h4-11,18,27H,12-16H2,1-3H3/t18-,25+/m0/s1. The molecule has 0 unspecified atom stereocenters. The Morgan fingerprint density at radius 3 is 2.47 bits per heavy atom. The van der Waals surface area contributed by atoms with Crippen LogP contribution in [0.3, 0.4) is 0 Å². The summed E-state index contributed by atoms with van der Waals surface area (Å²) in [4.78, 5) is 27.7. The zero-order chi connectivity index (χ0) is 24.7. The van der Waals surface area contributed by atoms with E-state index < -0.39 is 16.0 Å². The number of carbonyl (C=O) groups is 2. The summed E-state index contributed by atoms with van der Waals surface area (Å²) in [5, 5.41) is 0. The number of rotatable bonds is 6. The summed E-state index contributed by atoms with van der Waals surface area (Å²) < 4.78 is 34.1. The molecule has 4 rings (SSSR count). The molecule has 2 atom stereocenters. The fourth-order valence-corrected chi connectivity index (χ4v) is 6.95. The zero-order valence-corrected chi connectivity index (χ0v) is 21.9. The highest BCUT2D eigenvalue weighted by atomic mass is 79.9. The molecule has 182 valence electrons. The number of halogens is 1. The summed E-state index contributed by atoms with van der Waals surface area (Å²) in [6.45, 7) is 6.98. The van der Waals surface area contributed by atoms with Crippen LogP contribution in [0.5, 0.6) is 0 Å². The van der Waals surface area contributed by atoms with Crippen LogP contribution in [-0.4, -0.2) is 44.4 Å². The second-order valence-corrected chi connectivity index (χ2v) is 13.0. The van der Waals surface area contributed by atoms with E-state index in [0.717, 1.165) is 23.7 Å². The molecular weight excluding hydrogens is 520 g/mol. The van der Waals surface area contributed by atoms with Gasteiger partial charge in [0.1, 0.15) is 0 Å². The Labute approximate surface area is 209 Å². The molecule has 2 fully saturated rings. The number of para-hydroxylation sites is 1. The van der Waals surface area contributed by atoms with Crippen molar-refractivity contribution in [2.45, 2.75) is 51.0 Å². The molecule has 0 spiro atoms. The first-order valence-electron chi connectivity index (χ1n) is 11.2. The topological polar surface area (TPSA) is 92.8 Å². The van der Waals surface area contributed by atoms with Crippen LogP contribution in [0, 0.1) is 10.8 Å². The van der Waals surface area contributed by atoms with Crippen molar-refractivity contribution in [1.82, 2.24) is 4.90 Å². The van der Waals surface area contributed by atoms with Crippen LogP contribution >= 0.6 is 15.9 Å². The second-order valence-electron chi connectivity index (χ2n) is 10.4. The Hall–Kier alpha value is -2.39. The molecule has 9 heteroatoms. The van der Waals surface area contributed by atoms with Crippen molar-refractivity contribution in [2.24, 2.45) is 10.8 Å². The van der Waals surface area contributed by atoms with Crippen molar-refractivity contribution in [3.8, 4) is 0 Å². The summed E-state index contributed by atoms with van der Waals surface area (Å²) in [7, 11) is -3.91. The third-order valence-electron chi connectivity index (χ3n) is 6.58. The van der Waals surface area contributed by atoms with Gasteiger partial charge < -0.3 is 9.64 Å². The van der Waals surface area contributed by atoms with Gasteiger partial charge in [-0.15, -0.1) is 0 Å². The van der Waals surface area contributed by atoms with E-state index in [1.807, 2.05) is 4.90 Å². The van der Waals surface area contributed by atoms with E-state index in [4.69, 9.17) is 4.74 Å². The van der Waals surface area contributed by atoms with Crippen LogP contribution in [0.15, 0.2) is 57.9 Å². The van der Waals surface area contributed by atoms with Crippen molar-refractivity contribution < 1.29 is 22.7 Å². The quantitative estimate of drug-likeness (QED) is 0.521. The van der Waals surface area contributed by atoms with Crippen LogP contribution < -0.4 is 4.72 Å². The molecule has 1 heterocycles. The van der Waals surface area contributed by atoms with Gasteiger partial charge in [-0.25, -0.2) is 13.2 Å². The second kappa shape index (κ2) is 9.00. The maximum absolute atomic E-state index is 12.9. The number of nitrogens with zero attached hydrogens (tertiary/aromatic N) is 1. The Bertz CT molecular complexity index is 1210. The molecule has 34 heavy (non-hydrogen) atoms. The summed E-state index contributed by atoms with van der Waals surface area (Å²) in [5.41, 5.74) is 0.400. The average molecular weight is 549 g/mol. The normalized spacial score (nSPS) is 23.4. The molecule has 7 nitrogen and oxygen atoms in total. The number of hydrogen-bond acceptors (Lipinski definition) is 5. The van der Waals surface area contributed by atoms with Crippen molar-refractivity contribution in [1.29, 1.82) is 0 Å². The lowest BCUT2D eigenvalue weighted by atomic mass is 9.65. The summed E-state index contributed by atoms with van der Waals surface area (Å²) in [6.07, 6.45) is 2.96. The summed E-state index contributed by atoms with van der Waals surface area (Å²) in [6, 6.07) is 12.5. The molecule has 1 saturated heterocycles. The molecule has 1 N–H and O–H groups in total. The van der Waals surface area contributed by atoms with Gasteiger partial charge in [0.2, 0.25) is 0 Å². The van der Waals surface area contributed by atoms with E-state index in [0.29, 0.717) is 6.54 Å². The Balaban J connectivity index is 1.44. The van der Waals surface area contributed by atoms with Gasteiger partial charge in [0, 0.05) is 17.1 Å². The number of nitrogens with one attached hydrogen (secondary N) is 1. The van der Waals surface area contributed by atoms with Gasteiger partial charge in [0.25, 0.3) is 15.9 Å². The number of benzene rings is 2. The number of anilines is 1. The first kappa shape index (κ1) is 24.7. The highest BCUT2D eigenvalue weighted by Crippen LogP contribution is 2.52. The molecule has 1 aliphatic heterocycles. The van der Waals surface area contributed by atoms with E-state index in [2.05, 4.69) is 41.4 Å². The van der Waals surface area contributed by atoms with Crippen molar-refractivity contribution in [3.63, 3.8) is 0 Å². The number of fused-ring (bicyclic) bond motifs is 2. The van der Waals surface area contributed by atoms with Crippen molar-refractivity contribution in [2.75, 3.05) is 17.9 Å². The van der Waals surface area contributed by atoms with Gasteiger partial charge >= 0.3 is 5.97 Å². The summed E-state index contributed by atoms with van der Waals surface area (Å²) in [5.74, 6) is -0.969. The van der Waals surface area contributed by atoms with Gasteiger partial charge in [0.05, 0.1) is 16.1 Å². The minimum Gasteiger partial charge on any atom is -0.452 e. The molecule has 0 radical (unpaired) electrons. The minimum atomic E-state index is -3.91. The van der Waals surface area contributed by atoms with Gasteiger partial charge in [-0.05, 0) is 66.5 Å². The van der Waals surface area contributed by atoms with Crippen LogP contribution in [0.4, 0.5) is 5.69 Å². The monoisotopic (exact) mass is 548 g/mol. The fourth-order valence-electron chi connectivity index (χ4n) is 5.61. The van der Waals surface area contributed by atoms with Crippen molar-refractivity contribution in [3.05, 3.63) is 58.6 Å². The largest absolute Gasteiger partial charge is 0.452 e. The summed E-state index contributed by atoms with van der Waals surface area (Å²) >= 11 is 3.28. The molecule has 1 aliphatic carbocycles. The highest BCUT2D eigenvalue weighted by molar-refractivity contribution is 9.10. The van der Waals surface area contributed by atoms with Gasteiger partial charge in [-0.1, -0.05) is 48.8 Å². The van der Waals surface area contributed by atoms with Gasteiger partial charge in [0.15, 0.2) is 6.61 Å². The number of esters is 1. The zero-order valence-electron chi connectivity index (χ0n) is 19.5. The van der Waals surface area contributed by atoms with Gasteiger partial charge in [-0.2, -0.15) is 0 Å². The number of carbonyl (C=O) groups excluding carboxylic acids is 2. The maximum atomic E-state index is 12.9. The van der Waals surface area contributed by atoms with Crippen LogP contribution in [0.2, 0.25) is 0 Å². The van der Waals surface area contributed by atoms with Crippen LogP contribution in [0.25, 0.3) is 0 Å². The minimum absolute atomic E-state index is 0.0456. The smallest absolute Gasteiger partial charge is 0.340 e. The number of likely N-dealkylation sites (tertiary alicyclic amines) is 1. The van der Waals surface area contributed by atoms with Crippen LogP contribution in [-0.2, 0) is 19.6 Å². The molecule has 2 aromatic rings. The number of amides is 1. The molecule has 2 aliphatic rings. The Morgan fingerprint density at radius 2 is 1.76 bits per heavy atom. The lowest BCUT2D eigenvalue weighted by molar-refractivity contribution is -0.135. The number of ether oxygens (including phenoxy) is 1. The molecule has 1 saturated carbocycles. The first-order chi connectivity index (χ1) is 15.9. The average Bonchev–Trinajstić information content (AvgIpc) is 3.01. The van der Waals surface area contributed by atoms with E-state index in [1.54, 1.807) is 24.3 Å². The fraction of sp³-hybridized carbons (Fsp3) is 0.440. The Kier molecular flexibility index (Phi) is 6.54. The molecule has 2 bridgehead atoms. The predicted molar refractivity (Wildman–Crippen MR) is 133 cm³/mol. The third kappa shape index (κ3) is 5.30. The number of hydrogen-bond donors (Lipinski definition) is 1. The van der Waals surface area contributed by atoms with E-state index in [1.165, 1.54) is 24.3 Å². The number of sulfonamides is 1. The Morgan fingerprint density at radius 1 is 1.09 bits per heavy atom. The van der Waals surface area contributed by atoms with Gasteiger partial charge in [-0.3, -0.25) is 9.52 Å². The third-order valence-corrected chi connectivity index (χ3v) is 8.49. The maximum Gasteiger partial charge on any atom is 0.340 e. The molecular formula is C25H29BrN2O5S. The molecule has 1 amide bonds. The predicted octanol–water partition coefficient (Wildman–Crippen LogP) is 4.83.